The van der Waals surface area contributed by atoms with Gasteiger partial charge in [0.1, 0.15) is 15.5 Å². The van der Waals surface area contributed by atoms with Crippen LogP contribution in [0.4, 0.5) is 34.6 Å². The largest absolute Gasteiger partial charge is 0.478 e. The minimum atomic E-state index is -5.35. The van der Waals surface area contributed by atoms with Crippen molar-refractivity contribution in [3.8, 4) is 22.9 Å². The van der Waals surface area contributed by atoms with Crippen LogP contribution in [0.2, 0.25) is 0 Å². The molecule has 388 valence electrons. The maximum atomic E-state index is 14.6. The number of aromatic nitrogens is 4. The smallest absolute Gasteiger partial charge is 0.425 e. The molecule has 0 atom stereocenters. The van der Waals surface area contributed by atoms with E-state index in [9.17, 15) is 70.3 Å². The number of hydrogen-bond acceptors (Lipinski definition) is 22. The Hall–Kier alpha value is -9.04. The molecule has 75 heavy (non-hydrogen) atoms. The van der Waals surface area contributed by atoms with Gasteiger partial charge in [-0.2, -0.15) is 31.8 Å². The van der Waals surface area contributed by atoms with Gasteiger partial charge in [0.05, 0.1) is 63.7 Å². The predicted molar refractivity (Wildman–Crippen MR) is 261 cm³/mol. The Balaban J connectivity index is 0.00000198. The van der Waals surface area contributed by atoms with Crippen molar-refractivity contribution in [2.24, 2.45) is 0 Å². The zero-order chi connectivity index (χ0) is 54.8. The molecule has 5 aromatic carbocycles. The molecule has 0 aliphatic heterocycles. The number of pyridine rings is 1. The summed E-state index contributed by atoms with van der Waals surface area (Å²) in [5, 5.41) is 41.2. The number of nitrogens with one attached hydrogen (secondary N) is 2. The van der Waals surface area contributed by atoms with Crippen LogP contribution in [0.3, 0.4) is 0 Å². The molecule has 10 N–H and O–H groups in total. The summed E-state index contributed by atoms with van der Waals surface area (Å²) in [7, 11) is -12.5. The van der Waals surface area contributed by atoms with E-state index in [0.29, 0.717) is 0 Å². The van der Waals surface area contributed by atoms with Crippen molar-refractivity contribution in [1.82, 2.24) is 19.9 Å². The summed E-state index contributed by atoms with van der Waals surface area (Å²) in [5.41, 5.74) is 1.24. The Labute approximate surface area is 422 Å². The van der Waals surface area contributed by atoms with Gasteiger partial charge in [-0.15, -0.1) is 12.6 Å². The molecule has 0 fully saturated rings. The number of carbonyl (C=O) groups is 4. The number of aliphatic hydroxyl groups is 2. The quantitative estimate of drug-likeness (QED) is 0.0359. The fourth-order valence-electron chi connectivity index (χ4n) is 7.91. The number of rotatable bonds is 17. The molecule has 1 aliphatic rings. The molecular formula is C45H36N8O19S3. The zero-order valence-corrected chi connectivity index (χ0v) is 40.5. The third kappa shape index (κ3) is 11.2. The van der Waals surface area contributed by atoms with E-state index in [2.05, 4.69) is 25.3 Å². The third-order valence-electron chi connectivity index (χ3n) is 11.0. The number of nitrogens with zero attached hydrogens (tertiary/aromatic N) is 5. The normalized spacial score (nSPS) is 11.7. The number of ketones is 2. The average Bonchev–Trinajstić information content (AvgIpc) is 3.34. The first-order valence-electron chi connectivity index (χ1n) is 21.0. The van der Waals surface area contributed by atoms with Gasteiger partial charge in [0.15, 0.2) is 11.6 Å². The van der Waals surface area contributed by atoms with Gasteiger partial charge < -0.3 is 51.0 Å². The highest BCUT2D eigenvalue weighted by Crippen LogP contribution is 2.47. The second kappa shape index (κ2) is 21.2. The van der Waals surface area contributed by atoms with Gasteiger partial charge in [-0.1, -0.05) is 54.6 Å². The zero-order valence-electron chi connectivity index (χ0n) is 38.0. The number of carbonyl (C=O) groups excluding carboxylic acids is 2. The first kappa shape index (κ1) is 53.8. The highest BCUT2D eigenvalue weighted by Gasteiger charge is 2.36. The van der Waals surface area contributed by atoms with Crippen molar-refractivity contribution in [2.75, 3.05) is 54.2 Å². The van der Waals surface area contributed by atoms with Gasteiger partial charge >= 0.3 is 28.6 Å². The fraction of sp³-hybridized carbons (Fsp3) is 0.111. The number of nitrogen functional groups attached to an aromatic ring is 1. The Morgan fingerprint density at radius 3 is 1.84 bits per heavy atom. The van der Waals surface area contributed by atoms with E-state index >= 15 is 0 Å². The van der Waals surface area contributed by atoms with Crippen LogP contribution in [-0.4, -0.2) is 136 Å². The number of ether oxygens (including phenoxy) is 1. The number of carboxylic acid groups (broad SMARTS) is 2. The van der Waals surface area contributed by atoms with Crippen LogP contribution < -0.4 is 31.1 Å². The van der Waals surface area contributed by atoms with Crippen LogP contribution in [0.25, 0.3) is 22.0 Å². The number of anilines is 6. The minimum absolute atomic E-state index is 0.0526. The lowest BCUT2D eigenvalue weighted by atomic mass is 9.80. The molecule has 2 aromatic heterocycles. The number of H-pyrrole nitrogens is 1. The van der Waals surface area contributed by atoms with Gasteiger partial charge in [0.2, 0.25) is 11.9 Å². The molecule has 0 amide bonds. The Bertz CT molecular complexity index is 3910. The summed E-state index contributed by atoms with van der Waals surface area (Å²) in [6.45, 7) is -1.31. The molecule has 0 saturated heterocycles. The highest BCUT2D eigenvalue weighted by molar-refractivity contribution is 7.86. The second-order valence-electron chi connectivity index (χ2n) is 15.7. The molecule has 7 aromatic rings. The number of aromatic carboxylic acids is 2. The molecule has 0 spiro atoms. The third-order valence-corrected chi connectivity index (χ3v) is 12.8. The Kier molecular flexibility index (Phi) is 15.2. The number of fused-ring (bicyclic) bond motifs is 2. The molecule has 30 heteroatoms. The number of aliphatic hydroxyl groups excluding tert-OH is 2. The van der Waals surface area contributed by atoms with E-state index in [-0.39, 0.29) is 63.8 Å². The van der Waals surface area contributed by atoms with Gasteiger partial charge in [0.25, 0.3) is 25.8 Å². The van der Waals surface area contributed by atoms with Gasteiger partial charge in [0, 0.05) is 42.2 Å². The van der Waals surface area contributed by atoms with E-state index in [0.717, 1.165) is 41.3 Å². The van der Waals surface area contributed by atoms with Crippen molar-refractivity contribution < 1.29 is 82.9 Å². The summed E-state index contributed by atoms with van der Waals surface area (Å²) >= 11 is 0. The summed E-state index contributed by atoms with van der Waals surface area (Å²) in [6.07, 6.45) is 0. The van der Waals surface area contributed by atoms with Crippen molar-refractivity contribution in [1.29, 1.82) is 0 Å². The Morgan fingerprint density at radius 2 is 1.28 bits per heavy atom. The standard InChI is InChI=1S/C45H36N8O16S2.O3S/c1-52(43-49-44(53(11-13-54)12-14-55)51-45(50-43)69-24-16-22(41(59)60)15-23(17-24)42(61)62)30-20-31(70(63,64)65)28(18-27(30)46)47-29-19-32(71(66,67)68)37-35-33(25-9-5-6-10-26(25)39(57)34(29)35)36(40(58)48-37)38(56)21-7-3-2-4-8-21;1-4(2)3/h2-10,15-20,47,54-55H,11-14,46H2,1H3,(H,48,58)(H,59,60)(H,61,62)(H,63,64,65)(H,66,67,68);. The van der Waals surface area contributed by atoms with E-state index in [1.807, 2.05) is 0 Å². The van der Waals surface area contributed by atoms with Gasteiger partial charge in [-0.3, -0.25) is 23.5 Å². The molecular weight excluding hydrogens is 1050 g/mol. The summed E-state index contributed by atoms with van der Waals surface area (Å²) in [6, 6.07) is 18.1. The van der Waals surface area contributed by atoms with Crippen molar-refractivity contribution in [3.63, 3.8) is 0 Å². The lowest BCUT2D eigenvalue weighted by Gasteiger charge is -2.26. The molecule has 0 bridgehead atoms. The van der Waals surface area contributed by atoms with Crippen molar-refractivity contribution in [2.45, 2.75) is 9.79 Å². The lowest BCUT2D eigenvalue weighted by molar-refractivity contribution is 0.0695. The maximum absolute atomic E-state index is 14.6. The van der Waals surface area contributed by atoms with E-state index in [1.54, 1.807) is 18.2 Å². The number of carboxylic acids is 2. The minimum Gasteiger partial charge on any atom is -0.478 e. The fourth-order valence-corrected chi connectivity index (χ4v) is 9.24. The number of hydrogen-bond donors (Lipinski definition) is 9. The molecule has 0 radical (unpaired) electrons. The molecule has 8 rings (SSSR count). The van der Waals surface area contributed by atoms with Gasteiger partial charge in [-0.05, 0) is 42.0 Å². The predicted octanol–water partition coefficient (Wildman–Crippen LogP) is 2.72. The van der Waals surface area contributed by atoms with E-state index < -0.39 is 134 Å². The number of aromatic amines is 1. The molecule has 1 aliphatic carbocycles. The average molecular weight is 1090 g/mol. The molecule has 2 heterocycles. The first-order valence-corrected chi connectivity index (χ1v) is 24.9. The first-order chi connectivity index (χ1) is 35.3. The summed E-state index contributed by atoms with van der Waals surface area (Å²) in [4.78, 5) is 81.9. The topological polar surface area (TPSA) is 434 Å². The summed E-state index contributed by atoms with van der Waals surface area (Å²) in [5.74, 6) is -5.68. The van der Waals surface area contributed by atoms with E-state index in [4.69, 9.17) is 23.1 Å². The van der Waals surface area contributed by atoms with Crippen LogP contribution in [0.1, 0.15) is 52.6 Å². The van der Waals surface area contributed by atoms with Crippen molar-refractivity contribution >= 4 is 99.9 Å². The van der Waals surface area contributed by atoms with Crippen molar-refractivity contribution in [3.05, 3.63) is 135 Å². The van der Waals surface area contributed by atoms with Crippen LogP contribution in [-0.2, 0) is 30.8 Å². The maximum Gasteiger partial charge on any atom is 0.425 e. The Morgan fingerprint density at radius 1 is 0.720 bits per heavy atom. The number of nitrogens with two attached hydrogens (primary N) is 1. The highest BCUT2D eigenvalue weighted by atomic mass is 32.2. The second-order valence-corrected chi connectivity index (χ2v) is 18.9. The molecule has 0 unspecified atom stereocenters. The van der Waals surface area contributed by atoms with Crippen LogP contribution in [0.5, 0.6) is 11.8 Å². The van der Waals surface area contributed by atoms with E-state index in [1.165, 1.54) is 48.3 Å². The van der Waals surface area contributed by atoms with Crippen LogP contribution >= 0.6 is 0 Å². The van der Waals surface area contributed by atoms with Crippen LogP contribution in [0.15, 0.2) is 106 Å². The SMILES string of the molecule is CN(c1nc(Oc2cc(C(=O)O)cc(C(=O)O)c2)nc(N(CCO)CCO)n1)c1cc(S(=O)(=O)O)c(Nc2cc(S(=O)(=O)O)c3[nH]c(=O)c(C(=O)c4ccccc4)c4c3c2C(=O)c2ccccc2-4)cc1N.O=S(=O)=O. The van der Waals surface area contributed by atoms with Gasteiger partial charge in [-0.25, -0.2) is 9.59 Å². The number of benzene rings is 5. The summed E-state index contributed by atoms with van der Waals surface area (Å²) < 4.78 is 105. The lowest BCUT2D eigenvalue weighted by Crippen LogP contribution is -2.32. The molecule has 27 nitrogen and oxygen atoms in total. The molecule has 0 saturated carbocycles. The van der Waals surface area contributed by atoms with Crippen LogP contribution in [0, 0.1) is 0 Å². The monoisotopic (exact) mass is 1090 g/mol.